The van der Waals surface area contributed by atoms with E-state index < -0.39 is 0 Å². The number of anilines is 1. The Morgan fingerprint density at radius 2 is 1.78 bits per heavy atom. The summed E-state index contributed by atoms with van der Waals surface area (Å²) in [6, 6.07) is 15.7. The van der Waals surface area contributed by atoms with Crippen LogP contribution in [0.25, 0.3) is 10.9 Å². The second kappa shape index (κ2) is 8.75. The van der Waals surface area contributed by atoms with E-state index in [0.717, 1.165) is 44.7 Å². The third-order valence-corrected chi connectivity index (χ3v) is 7.16. The highest BCUT2D eigenvalue weighted by atomic mass is 16.5. The number of carbonyl (C=O) groups is 1. The molecule has 6 rings (SSSR count). The maximum absolute atomic E-state index is 13.9. The van der Waals surface area contributed by atoms with Crippen LogP contribution < -0.4 is 19.5 Å². The second-order valence-corrected chi connectivity index (χ2v) is 9.05. The smallest absolute Gasteiger partial charge is 0.203 e. The maximum atomic E-state index is 13.9. The molecule has 7 heteroatoms. The van der Waals surface area contributed by atoms with Crippen molar-refractivity contribution in [3.63, 3.8) is 0 Å². The van der Waals surface area contributed by atoms with Crippen LogP contribution in [0.15, 0.2) is 76.7 Å². The summed E-state index contributed by atoms with van der Waals surface area (Å²) in [5.74, 6) is 2.18. The average Bonchev–Trinajstić information content (AvgIpc) is 3.46. The van der Waals surface area contributed by atoms with E-state index in [9.17, 15) is 4.79 Å². The van der Waals surface area contributed by atoms with Crippen molar-refractivity contribution in [3.05, 3.63) is 89.1 Å². The van der Waals surface area contributed by atoms with E-state index in [0.29, 0.717) is 30.1 Å². The molecule has 182 valence electrons. The van der Waals surface area contributed by atoms with Crippen LogP contribution in [0.5, 0.6) is 17.2 Å². The maximum Gasteiger partial charge on any atom is 0.203 e. The number of allylic oxidation sites excluding steroid dienone is 2. The first-order valence-corrected chi connectivity index (χ1v) is 11.9. The number of nitrogens with one attached hydrogen (secondary N) is 1. The van der Waals surface area contributed by atoms with Crippen LogP contribution in [-0.4, -0.2) is 32.1 Å². The van der Waals surface area contributed by atoms with Gasteiger partial charge in [0.05, 0.1) is 33.1 Å². The fourth-order valence-electron chi connectivity index (χ4n) is 5.61. The Balaban J connectivity index is 1.60. The van der Waals surface area contributed by atoms with Gasteiger partial charge in [-0.1, -0.05) is 6.07 Å². The molecule has 2 atom stereocenters. The Morgan fingerprint density at radius 1 is 0.972 bits per heavy atom. The van der Waals surface area contributed by atoms with Gasteiger partial charge in [0, 0.05) is 46.8 Å². The Bertz CT molecular complexity index is 1480. The summed E-state index contributed by atoms with van der Waals surface area (Å²) >= 11 is 0. The number of ketones is 1. The number of hydrogen-bond donors (Lipinski definition) is 1. The topological polar surface area (TPSA) is 82.8 Å². The lowest BCUT2D eigenvalue weighted by molar-refractivity contribution is -0.116. The summed E-state index contributed by atoms with van der Waals surface area (Å²) in [7, 11) is 4.78. The zero-order chi connectivity index (χ0) is 24.8. The first kappa shape index (κ1) is 22.2. The molecule has 2 aromatic heterocycles. The highest BCUT2D eigenvalue weighted by Crippen LogP contribution is 2.52. The summed E-state index contributed by atoms with van der Waals surface area (Å²) in [4.78, 5) is 18.4. The Kier molecular flexibility index (Phi) is 5.40. The molecular weight excluding hydrogens is 456 g/mol. The molecule has 0 spiro atoms. The van der Waals surface area contributed by atoms with E-state index >= 15 is 0 Å². The third kappa shape index (κ3) is 3.42. The lowest BCUT2D eigenvalue weighted by Crippen LogP contribution is -2.30. The first-order chi connectivity index (χ1) is 17.6. The Hall–Kier alpha value is -4.26. The molecule has 0 amide bonds. The van der Waals surface area contributed by atoms with Crippen molar-refractivity contribution in [1.82, 2.24) is 4.98 Å². The number of pyridine rings is 1. The van der Waals surface area contributed by atoms with Crippen LogP contribution in [0.2, 0.25) is 0 Å². The zero-order valence-electron chi connectivity index (χ0n) is 20.3. The number of methoxy groups -OCH3 is 3. The van der Waals surface area contributed by atoms with Gasteiger partial charge in [-0.15, -0.1) is 0 Å². The van der Waals surface area contributed by atoms with Crippen molar-refractivity contribution in [1.29, 1.82) is 0 Å². The van der Waals surface area contributed by atoms with Gasteiger partial charge in [-0.05, 0) is 60.0 Å². The van der Waals surface area contributed by atoms with Crippen LogP contribution in [0, 0.1) is 0 Å². The van der Waals surface area contributed by atoms with Crippen LogP contribution in [0.4, 0.5) is 5.69 Å². The minimum absolute atomic E-state index is 0.0111. The molecule has 2 aromatic carbocycles. The van der Waals surface area contributed by atoms with Crippen molar-refractivity contribution in [3.8, 4) is 17.2 Å². The monoisotopic (exact) mass is 482 g/mol. The standard InChI is InChI=1S/C29H26N2O5/c1-33-24-14-17(15-25(34-2)29(24)35-3)26-27-18-6-4-10-30-19(18)8-9-20(27)31-21-12-16(13-22(32)28(21)26)23-7-5-11-36-23/h4-11,14-16,26,31H,12-13H2,1-3H3/t16-,26-/m0/s1. The number of furan rings is 1. The van der Waals surface area contributed by atoms with Gasteiger partial charge in [0.15, 0.2) is 17.3 Å². The van der Waals surface area contributed by atoms with E-state index in [1.807, 2.05) is 42.5 Å². The van der Waals surface area contributed by atoms with E-state index in [-0.39, 0.29) is 17.6 Å². The van der Waals surface area contributed by atoms with Gasteiger partial charge in [-0.25, -0.2) is 0 Å². The number of ether oxygens (including phenoxy) is 3. The Labute approximate surface area is 208 Å². The summed E-state index contributed by atoms with van der Waals surface area (Å²) in [6.07, 6.45) is 4.50. The normalized spacial score (nSPS) is 18.9. The number of aromatic nitrogens is 1. The number of nitrogens with zero attached hydrogens (tertiary/aromatic N) is 1. The highest BCUT2D eigenvalue weighted by Gasteiger charge is 2.40. The average molecular weight is 483 g/mol. The van der Waals surface area contributed by atoms with Crippen LogP contribution in [0.3, 0.4) is 0 Å². The molecular formula is C29H26N2O5. The lowest BCUT2D eigenvalue weighted by atomic mass is 9.72. The van der Waals surface area contributed by atoms with Gasteiger partial charge in [-0.3, -0.25) is 9.78 Å². The van der Waals surface area contributed by atoms with E-state index in [1.165, 1.54) is 0 Å². The van der Waals surface area contributed by atoms with Crippen molar-refractivity contribution in [2.45, 2.75) is 24.7 Å². The van der Waals surface area contributed by atoms with Gasteiger partial charge >= 0.3 is 0 Å². The minimum Gasteiger partial charge on any atom is -0.493 e. The van der Waals surface area contributed by atoms with E-state index in [1.54, 1.807) is 33.8 Å². The molecule has 0 unspecified atom stereocenters. The Morgan fingerprint density at radius 3 is 2.47 bits per heavy atom. The molecule has 4 aromatic rings. The first-order valence-electron chi connectivity index (χ1n) is 11.9. The summed E-state index contributed by atoms with van der Waals surface area (Å²) in [6.45, 7) is 0. The fraction of sp³-hybridized carbons (Fsp3) is 0.241. The number of benzene rings is 2. The molecule has 2 aliphatic rings. The summed E-state index contributed by atoms with van der Waals surface area (Å²) in [5.41, 5.74) is 5.41. The predicted octanol–water partition coefficient (Wildman–Crippen LogP) is 5.81. The number of hydrogen-bond acceptors (Lipinski definition) is 7. The fourth-order valence-corrected chi connectivity index (χ4v) is 5.61. The molecule has 0 bridgehead atoms. The van der Waals surface area contributed by atoms with Gasteiger partial charge in [0.25, 0.3) is 0 Å². The summed E-state index contributed by atoms with van der Waals surface area (Å²) < 4.78 is 22.6. The molecule has 3 heterocycles. The molecule has 7 nitrogen and oxygen atoms in total. The minimum atomic E-state index is -0.331. The highest BCUT2D eigenvalue weighted by molar-refractivity contribution is 6.04. The van der Waals surface area contributed by atoms with Crippen molar-refractivity contribution >= 4 is 22.4 Å². The molecule has 0 fully saturated rings. The van der Waals surface area contributed by atoms with Crippen molar-refractivity contribution in [2.24, 2.45) is 0 Å². The quantitative estimate of drug-likeness (QED) is 0.384. The summed E-state index contributed by atoms with van der Waals surface area (Å²) in [5, 5.41) is 4.59. The third-order valence-electron chi connectivity index (χ3n) is 7.16. The number of Topliss-reactive ketones (excluding diaryl/α,β-unsaturated/α-hetero) is 1. The van der Waals surface area contributed by atoms with Crippen LogP contribution in [0.1, 0.15) is 41.6 Å². The largest absolute Gasteiger partial charge is 0.493 e. The van der Waals surface area contributed by atoms with Crippen LogP contribution in [-0.2, 0) is 4.79 Å². The molecule has 0 saturated heterocycles. The number of carbonyl (C=O) groups excluding carboxylic acids is 1. The van der Waals surface area contributed by atoms with Crippen molar-refractivity contribution < 1.29 is 23.4 Å². The van der Waals surface area contributed by atoms with Crippen molar-refractivity contribution in [2.75, 3.05) is 26.6 Å². The lowest BCUT2D eigenvalue weighted by Gasteiger charge is -2.37. The molecule has 1 aliphatic carbocycles. The van der Waals surface area contributed by atoms with Crippen LogP contribution >= 0.6 is 0 Å². The van der Waals surface area contributed by atoms with Gasteiger partial charge in [0.2, 0.25) is 5.75 Å². The molecule has 36 heavy (non-hydrogen) atoms. The van der Waals surface area contributed by atoms with Gasteiger partial charge in [0.1, 0.15) is 5.76 Å². The molecule has 1 aliphatic heterocycles. The SMILES string of the molecule is COc1cc([C@@H]2C3=C(C[C@H](c4ccco4)CC3=O)Nc3ccc4ncccc4c32)cc(OC)c1OC. The number of fused-ring (bicyclic) bond motifs is 3. The van der Waals surface area contributed by atoms with E-state index in [4.69, 9.17) is 18.6 Å². The van der Waals surface area contributed by atoms with Gasteiger partial charge in [-0.2, -0.15) is 0 Å². The van der Waals surface area contributed by atoms with E-state index in [2.05, 4.69) is 16.4 Å². The zero-order valence-corrected chi connectivity index (χ0v) is 20.3. The second-order valence-electron chi connectivity index (χ2n) is 9.05. The molecule has 0 saturated carbocycles. The van der Waals surface area contributed by atoms with Gasteiger partial charge < -0.3 is 23.9 Å². The molecule has 0 radical (unpaired) electrons. The predicted molar refractivity (Wildman–Crippen MR) is 136 cm³/mol. The number of rotatable bonds is 5. The molecule has 1 N–H and O–H groups in total.